The Bertz CT molecular complexity index is 417. The summed E-state index contributed by atoms with van der Waals surface area (Å²) in [6.45, 7) is 10.4. The molecule has 0 saturated heterocycles. The van der Waals surface area contributed by atoms with Gasteiger partial charge in [-0.1, -0.05) is 52.0 Å². The Morgan fingerprint density at radius 1 is 1.10 bits per heavy atom. The number of para-hydroxylation sites is 1. The molecule has 0 amide bonds. The van der Waals surface area contributed by atoms with E-state index in [1.807, 2.05) is 45.9 Å². The van der Waals surface area contributed by atoms with Crippen molar-refractivity contribution in [3.8, 4) is 0 Å². The maximum atomic E-state index is 8.22. The van der Waals surface area contributed by atoms with Crippen LogP contribution in [0.2, 0.25) is 0 Å². The number of hydrogen-bond donors (Lipinski definition) is 1. The summed E-state index contributed by atoms with van der Waals surface area (Å²) in [5.41, 5.74) is 2.22. The van der Waals surface area contributed by atoms with Crippen LogP contribution in [-0.2, 0) is 54.2 Å². The normalized spacial score (nSPS) is 11.5. The summed E-state index contributed by atoms with van der Waals surface area (Å²) >= 11 is 11.6. The van der Waals surface area contributed by atoms with Gasteiger partial charge in [-0.05, 0) is 12.1 Å². The molecule has 0 heterocycles. The Kier molecular flexibility index (Phi) is 10.1. The first-order valence-electron chi connectivity index (χ1n) is 6.70. The summed E-state index contributed by atoms with van der Waals surface area (Å²) < 4.78 is 7.91. The van der Waals surface area contributed by atoms with Crippen molar-refractivity contribution in [2.75, 3.05) is 13.1 Å². The van der Waals surface area contributed by atoms with E-state index in [0.717, 1.165) is 37.6 Å². The Morgan fingerprint density at radius 3 is 2.19 bits per heavy atom. The molecule has 0 radical (unpaired) electrons. The van der Waals surface area contributed by atoms with E-state index < -0.39 is 0 Å². The SMILES string of the molecule is CC(C)([S-])C[N-]c1ccccc1CNCC(C)(C)[S-].[O]=[Tc+3]. The van der Waals surface area contributed by atoms with Crippen molar-refractivity contribution >= 4 is 30.9 Å². The summed E-state index contributed by atoms with van der Waals surface area (Å²) in [5.74, 6) is 0. The van der Waals surface area contributed by atoms with Crippen molar-refractivity contribution in [2.45, 2.75) is 43.7 Å². The predicted octanol–water partition coefficient (Wildman–Crippen LogP) is 3.31. The molecule has 0 aliphatic rings. The third kappa shape index (κ3) is 11.4. The quantitative estimate of drug-likeness (QED) is 0.702. The van der Waals surface area contributed by atoms with Crippen molar-refractivity contribution in [1.29, 1.82) is 0 Å². The fraction of sp³-hybridized carbons (Fsp3) is 0.600. The summed E-state index contributed by atoms with van der Waals surface area (Å²) in [7, 11) is 0. The van der Waals surface area contributed by atoms with Gasteiger partial charge in [0.2, 0.25) is 0 Å². The second-order valence-corrected chi connectivity index (χ2v) is 8.28. The van der Waals surface area contributed by atoms with Gasteiger partial charge in [0.25, 0.3) is 0 Å². The zero-order valence-electron chi connectivity index (χ0n) is 13.0. The maximum absolute atomic E-state index is 8.22. The average molecular weight is 409 g/mol. The van der Waals surface area contributed by atoms with Crippen LogP contribution < -0.4 is 5.32 Å². The summed E-state index contributed by atoms with van der Waals surface area (Å²) in [6.07, 6.45) is 0. The Balaban J connectivity index is 0.00000191. The second kappa shape index (κ2) is 10.0. The molecule has 1 aromatic rings. The van der Waals surface area contributed by atoms with Crippen LogP contribution in [0.15, 0.2) is 24.3 Å². The molecule has 0 unspecified atom stereocenters. The monoisotopic (exact) mass is 408 g/mol. The Hall–Kier alpha value is 0.129. The first kappa shape index (κ1) is 21.1. The zero-order valence-corrected chi connectivity index (χ0v) is 16.5. The van der Waals surface area contributed by atoms with Crippen LogP contribution in [0.3, 0.4) is 0 Å². The van der Waals surface area contributed by atoms with E-state index in [1.54, 1.807) is 0 Å². The number of benzene rings is 1. The van der Waals surface area contributed by atoms with E-state index in [9.17, 15) is 0 Å². The predicted molar refractivity (Wildman–Crippen MR) is 89.6 cm³/mol. The third-order valence-corrected chi connectivity index (χ3v) is 2.76. The minimum absolute atomic E-state index is 0.116. The van der Waals surface area contributed by atoms with Gasteiger partial charge in [-0.15, -0.1) is 17.0 Å². The van der Waals surface area contributed by atoms with Crippen LogP contribution in [0.1, 0.15) is 33.3 Å². The summed E-state index contributed by atoms with van der Waals surface area (Å²) in [4.78, 5) is 0. The van der Waals surface area contributed by atoms with E-state index >= 15 is 0 Å². The molecule has 21 heavy (non-hydrogen) atoms. The topological polar surface area (TPSA) is 43.2 Å². The fourth-order valence-electron chi connectivity index (χ4n) is 1.59. The second-order valence-electron chi connectivity index (χ2n) is 6.07. The van der Waals surface area contributed by atoms with Gasteiger partial charge in [-0.2, -0.15) is 4.75 Å². The van der Waals surface area contributed by atoms with E-state index in [4.69, 9.17) is 28.8 Å². The molecule has 6 heteroatoms. The molecule has 1 aromatic carbocycles. The molecule has 0 saturated carbocycles. The first-order valence-corrected chi connectivity index (χ1v) is 8.27. The van der Waals surface area contributed by atoms with Crippen molar-refractivity contribution < 1.29 is 22.4 Å². The summed E-state index contributed by atoms with van der Waals surface area (Å²) in [5, 5.41) is 8.01. The van der Waals surface area contributed by atoms with Crippen LogP contribution in [0.4, 0.5) is 5.69 Å². The number of hydrogen-bond acceptors (Lipinski definition) is 4. The van der Waals surface area contributed by atoms with E-state index in [1.165, 1.54) is 5.56 Å². The molecule has 0 fully saturated rings. The van der Waals surface area contributed by atoms with Gasteiger partial charge < -0.3 is 35.9 Å². The van der Waals surface area contributed by atoms with Crippen molar-refractivity contribution in [1.82, 2.24) is 5.32 Å². The van der Waals surface area contributed by atoms with Gasteiger partial charge in [-0.3, -0.25) is 0 Å². The molecule has 0 aromatic heterocycles. The van der Waals surface area contributed by atoms with Crippen LogP contribution >= 0.6 is 0 Å². The van der Waals surface area contributed by atoms with Gasteiger partial charge in [0.15, 0.2) is 0 Å². The molecule has 0 aliphatic heterocycles. The van der Waals surface area contributed by atoms with Crippen LogP contribution in [0.25, 0.3) is 5.32 Å². The van der Waals surface area contributed by atoms with E-state index in [-0.39, 0.29) is 9.49 Å². The van der Waals surface area contributed by atoms with Crippen LogP contribution in [0.5, 0.6) is 0 Å². The van der Waals surface area contributed by atoms with Gasteiger partial charge in [0, 0.05) is 6.54 Å². The summed E-state index contributed by atoms with van der Waals surface area (Å²) in [6, 6.07) is 8.18. The molecule has 1 N–H and O–H groups in total. The molecule has 0 spiro atoms. The van der Waals surface area contributed by atoms with Crippen LogP contribution in [0, 0.1) is 0 Å². The molecule has 1 rings (SSSR count). The van der Waals surface area contributed by atoms with Gasteiger partial charge >= 0.3 is 22.4 Å². The van der Waals surface area contributed by atoms with E-state index in [0.29, 0.717) is 6.54 Å². The number of rotatable bonds is 7. The van der Waals surface area contributed by atoms with Gasteiger partial charge in [0.05, 0.1) is 0 Å². The minimum atomic E-state index is -0.191. The Labute approximate surface area is 150 Å². The Morgan fingerprint density at radius 2 is 1.67 bits per heavy atom. The zero-order chi connectivity index (χ0) is 16.5. The van der Waals surface area contributed by atoms with Crippen LogP contribution in [-0.4, -0.2) is 22.6 Å². The molecular formula is C15H23N2OS2Tc. The molecule has 3 nitrogen and oxygen atoms in total. The van der Waals surface area contributed by atoms with Gasteiger partial charge in [0.1, 0.15) is 0 Å². The molecule has 118 valence electrons. The van der Waals surface area contributed by atoms with Crippen molar-refractivity contribution in [3.05, 3.63) is 35.1 Å². The van der Waals surface area contributed by atoms with Crippen molar-refractivity contribution in [2.24, 2.45) is 0 Å². The third-order valence-electron chi connectivity index (χ3n) is 2.49. The molecule has 0 bridgehead atoms. The fourth-order valence-corrected chi connectivity index (χ4v) is 1.75. The molecule has 0 aliphatic carbocycles. The average Bonchev–Trinajstić information content (AvgIpc) is 2.37. The molecular weight excluding hydrogens is 386 g/mol. The van der Waals surface area contributed by atoms with Gasteiger partial charge in [-0.25, -0.2) is 0 Å². The van der Waals surface area contributed by atoms with Crippen molar-refractivity contribution in [3.63, 3.8) is 0 Å². The number of nitrogens with zero attached hydrogens (tertiary/aromatic N) is 1. The standard InChI is InChI=1S/C15H25N2S2.O.Tc/c1-14(2,18)10-16-9-12-7-5-6-8-13(12)17-11-15(3,4)19;;/h5-8,16,18-19H,9-11H2,1-4H3;;/q-1;;+3/p-2. The first-order chi connectivity index (χ1) is 9.67. The van der Waals surface area contributed by atoms with E-state index in [2.05, 4.69) is 16.7 Å². The number of nitrogens with one attached hydrogen (secondary N) is 1. The molecule has 0 atom stereocenters.